The van der Waals surface area contributed by atoms with Crippen LogP contribution >= 0.6 is 0 Å². The zero-order valence-corrected chi connectivity index (χ0v) is 11.5. The molecule has 94 valence electrons. The zero-order chi connectivity index (χ0) is 12.8. The molecule has 0 spiro atoms. The summed E-state index contributed by atoms with van der Waals surface area (Å²) in [6, 6.07) is 8.21. The van der Waals surface area contributed by atoms with Crippen molar-refractivity contribution in [2.75, 3.05) is 27.7 Å². The summed E-state index contributed by atoms with van der Waals surface area (Å²) < 4.78 is 5.43. The van der Waals surface area contributed by atoms with E-state index in [9.17, 15) is 0 Å². The minimum atomic E-state index is 0.492. The van der Waals surface area contributed by atoms with Crippen LogP contribution in [0.4, 0.5) is 0 Å². The normalized spacial score (nSPS) is 13.9. The molecule has 0 radical (unpaired) electrons. The van der Waals surface area contributed by atoms with E-state index in [4.69, 9.17) is 4.74 Å². The average molecular weight is 233 g/mol. The van der Waals surface area contributed by atoms with Gasteiger partial charge in [-0.15, -0.1) is 0 Å². The molecule has 0 aromatic heterocycles. The number of ether oxygens (including phenoxy) is 1. The molecule has 0 bridgehead atoms. The highest BCUT2D eigenvalue weighted by Crippen LogP contribution is 2.31. The molecule has 0 saturated carbocycles. The molecule has 17 heavy (non-hydrogen) atoms. The molecule has 0 N–H and O–H groups in total. The number of hydrogen-bond donors (Lipinski definition) is 0. The Morgan fingerprint density at radius 3 is 2.53 bits per heavy atom. The maximum Gasteiger partial charge on any atom is 0.126 e. The van der Waals surface area contributed by atoms with Crippen LogP contribution in [0.5, 0.6) is 5.75 Å². The van der Waals surface area contributed by atoms with E-state index in [2.05, 4.69) is 51.1 Å². The first kappa shape index (κ1) is 13.8. The van der Waals surface area contributed by atoms with Gasteiger partial charge in [-0.25, -0.2) is 0 Å². The number of rotatable bonds is 5. The molecule has 0 saturated heterocycles. The molecule has 2 nitrogen and oxygen atoms in total. The first-order valence-corrected chi connectivity index (χ1v) is 6.04. The fraction of sp³-hybridized carbons (Fsp3) is 0.467. The molecule has 0 aliphatic heterocycles. The summed E-state index contributed by atoms with van der Waals surface area (Å²) in [5, 5.41) is 0. The van der Waals surface area contributed by atoms with E-state index in [0.717, 1.165) is 12.3 Å². The highest BCUT2D eigenvalue weighted by molar-refractivity contribution is 5.71. The Labute approximate surface area is 105 Å². The van der Waals surface area contributed by atoms with Crippen LogP contribution in [0, 0.1) is 5.92 Å². The monoisotopic (exact) mass is 233 g/mol. The molecule has 0 amide bonds. The lowest BCUT2D eigenvalue weighted by Gasteiger charge is -2.21. The van der Waals surface area contributed by atoms with Gasteiger partial charge in [0.05, 0.1) is 7.11 Å². The molecular formula is C15H23NO. The SMILES string of the molecule is C/C=C(\c1ccccc1OC)C(C)CN(C)C. The maximum absolute atomic E-state index is 5.43. The van der Waals surface area contributed by atoms with Crippen molar-refractivity contribution in [2.24, 2.45) is 5.92 Å². The Hall–Kier alpha value is -1.28. The minimum Gasteiger partial charge on any atom is -0.496 e. The van der Waals surface area contributed by atoms with Gasteiger partial charge in [-0.2, -0.15) is 0 Å². The van der Waals surface area contributed by atoms with Crippen LogP contribution in [0.2, 0.25) is 0 Å². The van der Waals surface area contributed by atoms with Gasteiger partial charge in [0.25, 0.3) is 0 Å². The Kier molecular flexibility index (Phi) is 5.23. The van der Waals surface area contributed by atoms with Gasteiger partial charge in [-0.05, 0) is 38.6 Å². The summed E-state index contributed by atoms with van der Waals surface area (Å²) in [7, 11) is 5.93. The molecule has 0 heterocycles. The van der Waals surface area contributed by atoms with Crippen LogP contribution < -0.4 is 4.74 Å². The van der Waals surface area contributed by atoms with E-state index in [1.807, 2.05) is 12.1 Å². The fourth-order valence-electron chi connectivity index (χ4n) is 2.23. The second-order valence-electron chi connectivity index (χ2n) is 4.61. The van der Waals surface area contributed by atoms with E-state index in [1.54, 1.807) is 7.11 Å². The van der Waals surface area contributed by atoms with E-state index >= 15 is 0 Å². The van der Waals surface area contributed by atoms with Gasteiger partial charge in [-0.3, -0.25) is 0 Å². The van der Waals surface area contributed by atoms with Crippen molar-refractivity contribution in [2.45, 2.75) is 13.8 Å². The predicted octanol–water partition coefficient (Wildman–Crippen LogP) is 3.30. The van der Waals surface area contributed by atoms with Crippen molar-refractivity contribution in [1.29, 1.82) is 0 Å². The summed E-state index contributed by atoms with van der Waals surface area (Å²) in [5.41, 5.74) is 2.54. The molecule has 2 heteroatoms. The van der Waals surface area contributed by atoms with Crippen LogP contribution in [0.25, 0.3) is 5.57 Å². The first-order chi connectivity index (χ1) is 8.10. The number of allylic oxidation sites excluding steroid dienone is 1. The molecular weight excluding hydrogens is 210 g/mol. The van der Waals surface area contributed by atoms with Gasteiger partial charge in [-0.1, -0.05) is 31.2 Å². The number of methoxy groups -OCH3 is 1. The largest absolute Gasteiger partial charge is 0.496 e. The van der Waals surface area contributed by atoms with Crippen LogP contribution in [0.3, 0.4) is 0 Å². The lowest BCUT2D eigenvalue weighted by molar-refractivity contribution is 0.374. The quantitative estimate of drug-likeness (QED) is 0.773. The van der Waals surface area contributed by atoms with Crippen molar-refractivity contribution < 1.29 is 4.74 Å². The van der Waals surface area contributed by atoms with Crippen molar-refractivity contribution in [3.8, 4) is 5.75 Å². The Balaban J connectivity index is 3.02. The molecule has 1 atom stereocenters. The summed E-state index contributed by atoms with van der Waals surface area (Å²) in [4.78, 5) is 2.21. The van der Waals surface area contributed by atoms with Crippen LogP contribution in [-0.4, -0.2) is 32.6 Å². The van der Waals surface area contributed by atoms with Gasteiger partial charge in [0.15, 0.2) is 0 Å². The third-order valence-electron chi connectivity index (χ3n) is 2.90. The molecule has 1 aromatic carbocycles. The minimum absolute atomic E-state index is 0.492. The van der Waals surface area contributed by atoms with Crippen LogP contribution in [-0.2, 0) is 0 Å². The van der Waals surface area contributed by atoms with Crippen molar-refractivity contribution >= 4 is 5.57 Å². The van der Waals surface area contributed by atoms with Crippen molar-refractivity contribution in [1.82, 2.24) is 4.90 Å². The third kappa shape index (κ3) is 3.60. The number of para-hydroxylation sites is 1. The van der Waals surface area contributed by atoms with Gasteiger partial charge in [0.1, 0.15) is 5.75 Å². The summed E-state index contributed by atoms with van der Waals surface area (Å²) in [5.74, 6) is 1.44. The van der Waals surface area contributed by atoms with Gasteiger partial charge in [0.2, 0.25) is 0 Å². The van der Waals surface area contributed by atoms with E-state index in [-0.39, 0.29) is 0 Å². The molecule has 0 aliphatic rings. The van der Waals surface area contributed by atoms with Crippen molar-refractivity contribution in [3.63, 3.8) is 0 Å². The standard InChI is InChI=1S/C15H23NO/c1-6-13(12(2)11-16(3)4)14-9-7-8-10-15(14)17-5/h6-10,12H,11H2,1-5H3/b13-6-. The zero-order valence-electron chi connectivity index (χ0n) is 11.5. The van der Waals surface area contributed by atoms with Crippen molar-refractivity contribution in [3.05, 3.63) is 35.9 Å². The second-order valence-corrected chi connectivity index (χ2v) is 4.61. The van der Waals surface area contributed by atoms with E-state index in [0.29, 0.717) is 5.92 Å². The number of benzene rings is 1. The Morgan fingerprint density at radius 2 is 2.00 bits per heavy atom. The second kappa shape index (κ2) is 6.45. The number of hydrogen-bond acceptors (Lipinski definition) is 2. The van der Waals surface area contributed by atoms with E-state index < -0.39 is 0 Å². The molecule has 1 aromatic rings. The third-order valence-corrected chi connectivity index (χ3v) is 2.90. The Bertz CT molecular complexity index is 382. The molecule has 0 fully saturated rings. The lowest BCUT2D eigenvalue weighted by Crippen LogP contribution is -2.20. The molecule has 1 unspecified atom stereocenters. The van der Waals surface area contributed by atoms with Gasteiger partial charge in [0, 0.05) is 12.1 Å². The highest BCUT2D eigenvalue weighted by atomic mass is 16.5. The highest BCUT2D eigenvalue weighted by Gasteiger charge is 2.14. The van der Waals surface area contributed by atoms with Crippen LogP contribution in [0.15, 0.2) is 30.3 Å². The lowest BCUT2D eigenvalue weighted by atomic mass is 9.92. The van der Waals surface area contributed by atoms with E-state index in [1.165, 1.54) is 11.1 Å². The average Bonchev–Trinajstić information content (AvgIpc) is 2.29. The predicted molar refractivity (Wildman–Crippen MR) is 74.4 cm³/mol. The summed E-state index contributed by atoms with van der Waals surface area (Å²) >= 11 is 0. The molecule has 0 aliphatic carbocycles. The van der Waals surface area contributed by atoms with Crippen LogP contribution in [0.1, 0.15) is 19.4 Å². The first-order valence-electron chi connectivity index (χ1n) is 6.04. The Morgan fingerprint density at radius 1 is 1.35 bits per heavy atom. The fourth-order valence-corrected chi connectivity index (χ4v) is 2.23. The molecule has 1 rings (SSSR count). The summed E-state index contributed by atoms with van der Waals surface area (Å²) in [6.45, 7) is 5.38. The summed E-state index contributed by atoms with van der Waals surface area (Å²) in [6.07, 6.45) is 2.19. The maximum atomic E-state index is 5.43. The van der Waals surface area contributed by atoms with Gasteiger partial charge >= 0.3 is 0 Å². The number of nitrogens with zero attached hydrogens (tertiary/aromatic N) is 1. The van der Waals surface area contributed by atoms with Gasteiger partial charge < -0.3 is 9.64 Å². The smallest absolute Gasteiger partial charge is 0.126 e. The topological polar surface area (TPSA) is 12.5 Å².